The molecule has 0 saturated carbocycles. The number of hydrogen-bond donors (Lipinski definition) is 0. The molecule has 1 saturated heterocycles. The van der Waals surface area contributed by atoms with Crippen molar-refractivity contribution in [3.05, 3.63) is 59.2 Å². The molecule has 172 valence electrons. The number of aromatic nitrogens is 2. The fourth-order valence-corrected chi connectivity index (χ4v) is 4.36. The van der Waals surface area contributed by atoms with E-state index in [1.54, 1.807) is 12.1 Å². The summed E-state index contributed by atoms with van der Waals surface area (Å²) in [4.78, 5) is 16.3. The maximum absolute atomic E-state index is 13.1. The van der Waals surface area contributed by atoms with Gasteiger partial charge in [0.1, 0.15) is 6.54 Å². The van der Waals surface area contributed by atoms with E-state index in [4.69, 9.17) is 11.6 Å². The van der Waals surface area contributed by atoms with Gasteiger partial charge in [0.15, 0.2) is 15.5 Å². The lowest BCUT2D eigenvalue weighted by molar-refractivity contribution is -0.142. The Balaban J connectivity index is 1.65. The van der Waals surface area contributed by atoms with Crippen LogP contribution in [-0.4, -0.2) is 55.2 Å². The molecule has 12 heteroatoms. The second-order valence-electron chi connectivity index (χ2n) is 6.98. The molecule has 2 aromatic rings. The number of amides is 1. The number of nitrogens with zero attached hydrogens (tertiary/aromatic N) is 4. The summed E-state index contributed by atoms with van der Waals surface area (Å²) in [6.45, 7) is 7.98. The summed E-state index contributed by atoms with van der Waals surface area (Å²) in [6, 6.07) is 6.32. The van der Waals surface area contributed by atoms with Crippen LogP contribution in [0.4, 0.5) is 18.9 Å². The van der Waals surface area contributed by atoms with Crippen molar-refractivity contribution in [3.63, 3.8) is 0 Å². The summed E-state index contributed by atoms with van der Waals surface area (Å²) in [5, 5.41) is 3.75. The van der Waals surface area contributed by atoms with E-state index in [9.17, 15) is 26.4 Å². The van der Waals surface area contributed by atoms with Gasteiger partial charge >= 0.3 is 6.18 Å². The molecule has 1 aliphatic heterocycles. The Kier molecular flexibility index (Phi) is 6.70. The van der Waals surface area contributed by atoms with Crippen molar-refractivity contribution in [2.24, 2.45) is 0 Å². The Morgan fingerprint density at radius 1 is 1.12 bits per heavy atom. The lowest BCUT2D eigenvalue weighted by Gasteiger charge is -2.36. The molecular formula is C20H20ClF3N4O3S. The van der Waals surface area contributed by atoms with Crippen LogP contribution in [-0.2, 0) is 27.4 Å². The molecule has 1 aliphatic rings. The number of benzene rings is 1. The van der Waals surface area contributed by atoms with E-state index in [0.717, 1.165) is 21.9 Å². The van der Waals surface area contributed by atoms with E-state index < -0.39 is 39.2 Å². The van der Waals surface area contributed by atoms with Gasteiger partial charge in [-0.15, -0.1) is 0 Å². The van der Waals surface area contributed by atoms with Crippen molar-refractivity contribution in [2.75, 3.05) is 31.1 Å². The summed E-state index contributed by atoms with van der Waals surface area (Å²) in [6.07, 6.45) is -3.61. The van der Waals surface area contributed by atoms with Crippen LogP contribution in [0.5, 0.6) is 0 Å². The first kappa shape index (κ1) is 23.9. The highest BCUT2D eigenvalue weighted by molar-refractivity contribution is 7.94. The number of hydrogen-bond acceptors (Lipinski definition) is 5. The summed E-state index contributed by atoms with van der Waals surface area (Å²) < 4.78 is 63.7. The summed E-state index contributed by atoms with van der Waals surface area (Å²) in [7, 11) is -3.51. The minimum atomic E-state index is -4.74. The van der Waals surface area contributed by atoms with Gasteiger partial charge in [0.2, 0.25) is 5.91 Å². The molecule has 2 heterocycles. The number of sulfone groups is 1. The van der Waals surface area contributed by atoms with Crippen molar-refractivity contribution in [3.8, 4) is 0 Å². The zero-order valence-electron chi connectivity index (χ0n) is 16.8. The molecular weight excluding hydrogens is 469 g/mol. The molecule has 0 spiro atoms. The molecule has 1 aromatic heterocycles. The number of carbonyl (C=O) groups excluding carboxylic acids is 1. The summed E-state index contributed by atoms with van der Waals surface area (Å²) in [5.41, 5.74) is -0.531. The molecule has 3 rings (SSSR count). The SMILES string of the molecule is C=Cc1c(Cl)c(C(F)(F)F)nn1CC(=O)N1CCN(c2ccc(S(=O)(=O)C=C)cc2)CC1. The Hall–Kier alpha value is -2.79. The molecule has 1 amide bonds. The molecule has 0 bridgehead atoms. The standard InChI is InChI=1S/C20H20ClF3N4O3S/c1-3-16-18(21)19(20(22,23)24)25-28(16)13-17(29)27-11-9-26(10-12-27)14-5-7-15(8-6-14)32(30,31)4-2/h3-8H,1-2,9-13H2. The van der Waals surface area contributed by atoms with Crippen LogP contribution in [0.1, 0.15) is 11.4 Å². The molecule has 32 heavy (non-hydrogen) atoms. The van der Waals surface area contributed by atoms with Gasteiger partial charge in [0, 0.05) is 37.3 Å². The Labute approximate surface area is 188 Å². The molecule has 0 N–H and O–H groups in total. The quantitative estimate of drug-likeness (QED) is 0.622. The number of anilines is 1. The van der Waals surface area contributed by atoms with Crippen LogP contribution in [0.3, 0.4) is 0 Å². The molecule has 1 aromatic carbocycles. The van der Waals surface area contributed by atoms with Gasteiger partial charge in [-0.1, -0.05) is 24.8 Å². The van der Waals surface area contributed by atoms with E-state index in [-0.39, 0.29) is 10.6 Å². The minimum absolute atomic E-state index is 0.0689. The van der Waals surface area contributed by atoms with Gasteiger partial charge in [-0.25, -0.2) is 8.42 Å². The predicted molar refractivity (Wildman–Crippen MR) is 115 cm³/mol. The number of alkyl halides is 3. The van der Waals surface area contributed by atoms with E-state index in [0.29, 0.717) is 26.2 Å². The van der Waals surface area contributed by atoms with E-state index >= 15 is 0 Å². The maximum atomic E-state index is 13.1. The van der Waals surface area contributed by atoms with Crippen molar-refractivity contribution in [2.45, 2.75) is 17.6 Å². The van der Waals surface area contributed by atoms with Crippen molar-refractivity contribution in [1.29, 1.82) is 0 Å². The number of halogens is 4. The van der Waals surface area contributed by atoms with Crippen molar-refractivity contribution < 1.29 is 26.4 Å². The van der Waals surface area contributed by atoms with Crippen LogP contribution < -0.4 is 4.90 Å². The molecule has 0 unspecified atom stereocenters. The fraction of sp³-hybridized carbons (Fsp3) is 0.300. The zero-order valence-corrected chi connectivity index (χ0v) is 18.4. The van der Waals surface area contributed by atoms with Crippen LogP contribution in [0.25, 0.3) is 6.08 Å². The van der Waals surface area contributed by atoms with Crippen LogP contribution in [0.2, 0.25) is 5.02 Å². The van der Waals surface area contributed by atoms with Crippen LogP contribution in [0.15, 0.2) is 47.7 Å². The second kappa shape index (κ2) is 8.99. The Morgan fingerprint density at radius 2 is 1.72 bits per heavy atom. The minimum Gasteiger partial charge on any atom is -0.368 e. The highest BCUT2D eigenvalue weighted by Crippen LogP contribution is 2.36. The molecule has 7 nitrogen and oxygen atoms in total. The normalized spacial score (nSPS) is 15.0. The molecule has 0 aliphatic carbocycles. The smallest absolute Gasteiger partial charge is 0.368 e. The molecule has 0 radical (unpaired) electrons. The Bertz CT molecular complexity index is 1140. The van der Waals surface area contributed by atoms with E-state index in [1.807, 2.05) is 4.90 Å². The predicted octanol–water partition coefficient (Wildman–Crippen LogP) is 3.46. The first-order chi connectivity index (χ1) is 15.0. The first-order valence-corrected chi connectivity index (χ1v) is 11.4. The number of carbonyl (C=O) groups is 1. The lowest BCUT2D eigenvalue weighted by atomic mass is 10.2. The lowest BCUT2D eigenvalue weighted by Crippen LogP contribution is -2.49. The number of piperazine rings is 1. The van der Waals surface area contributed by atoms with Crippen molar-refractivity contribution in [1.82, 2.24) is 14.7 Å². The highest BCUT2D eigenvalue weighted by Gasteiger charge is 2.39. The molecule has 1 fully saturated rings. The van der Waals surface area contributed by atoms with E-state index in [1.165, 1.54) is 17.0 Å². The Morgan fingerprint density at radius 3 is 2.22 bits per heavy atom. The zero-order chi connectivity index (χ0) is 23.7. The van der Waals surface area contributed by atoms with Crippen LogP contribution in [0, 0.1) is 0 Å². The number of rotatable bonds is 6. The van der Waals surface area contributed by atoms with Gasteiger partial charge in [-0.3, -0.25) is 9.48 Å². The first-order valence-electron chi connectivity index (χ1n) is 9.44. The second-order valence-corrected chi connectivity index (χ2v) is 9.25. The fourth-order valence-electron chi connectivity index (χ4n) is 3.33. The monoisotopic (exact) mass is 488 g/mol. The van der Waals surface area contributed by atoms with Crippen molar-refractivity contribution >= 4 is 39.1 Å². The van der Waals surface area contributed by atoms with Gasteiger partial charge in [-0.2, -0.15) is 18.3 Å². The third-order valence-corrected chi connectivity index (χ3v) is 6.80. The maximum Gasteiger partial charge on any atom is 0.436 e. The average Bonchev–Trinajstić information content (AvgIpc) is 3.09. The summed E-state index contributed by atoms with van der Waals surface area (Å²) in [5.74, 6) is -0.395. The van der Waals surface area contributed by atoms with Crippen LogP contribution >= 0.6 is 11.6 Å². The van der Waals surface area contributed by atoms with Gasteiger partial charge in [0.25, 0.3) is 0 Å². The third kappa shape index (κ3) is 4.83. The summed E-state index contributed by atoms with van der Waals surface area (Å²) >= 11 is 5.77. The van der Waals surface area contributed by atoms with Gasteiger partial charge < -0.3 is 9.80 Å². The van der Waals surface area contributed by atoms with Gasteiger partial charge in [-0.05, 0) is 30.3 Å². The average molecular weight is 489 g/mol. The highest BCUT2D eigenvalue weighted by atomic mass is 35.5. The van der Waals surface area contributed by atoms with E-state index in [2.05, 4.69) is 18.3 Å². The topological polar surface area (TPSA) is 75.5 Å². The van der Waals surface area contributed by atoms with Gasteiger partial charge in [0.05, 0.1) is 15.6 Å². The largest absolute Gasteiger partial charge is 0.436 e. The molecule has 0 atom stereocenters. The third-order valence-electron chi connectivity index (χ3n) is 5.06.